The van der Waals surface area contributed by atoms with Crippen LogP contribution in [-0.2, 0) is 4.18 Å². The highest BCUT2D eigenvalue weighted by molar-refractivity contribution is 9.15. The van der Waals surface area contributed by atoms with Crippen molar-refractivity contribution in [3.63, 3.8) is 0 Å². The Labute approximate surface area is 85.4 Å². The van der Waals surface area contributed by atoms with Gasteiger partial charge in [0.25, 0.3) is 0 Å². The van der Waals surface area contributed by atoms with Crippen molar-refractivity contribution < 1.29 is 4.18 Å². The van der Waals surface area contributed by atoms with Crippen LogP contribution in [0.2, 0.25) is 0 Å². The molecule has 0 radical (unpaired) electrons. The van der Waals surface area contributed by atoms with Crippen molar-refractivity contribution in [2.75, 3.05) is 0 Å². The van der Waals surface area contributed by atoms with Gasteiger partial charge in [-0.25, -0.2) is 0 Å². The fourth-order valence-electron chi connectivity index (χ4n) is 0.845. The highest BCUT2D eigenvalue weighted by atomic mass is 79.9. The second-order valence-electron chi connectivity index (χ2n) is 2.11. The van der Waals surface area contributed by atoms with Crippen LogP contribution in [0.3, 0.4) is 0 Å². The molecule has 11 heavy (non-hydrogen) atoms. The molecular weight excluding hydrogens is 294 g/mol. The maximum Gasteiger partial charge on any atom is 0.137 e. The average Bonchev–Trinajstić information content (AvgIpc) is 2.36. The van der Waals surface area contributed by atoms with Gasteiger partial charge in [-0.05, 0) is 44.0 Å². The smallest absolute Gasteiger partial charge is 0.137 e. The first kappa shape index (κ1) is 8.04. The molecule has 1 aliphatic carbocycles. The van der Waals surface area contributed by atoms with E-state index in [4.69, 9.17) is 4.18 Å². The molecule has 1 heterocycles. The topological polar surface area (TPSA) is 21.6 Å². The lowest BCUT2D eigenvalue weighted by Crippen LogP contribution is -2.16. The van der Waals surface area contributed by atoms with E-state index in [2.05, 4.69) is 36.3 Å². The van der Waals surface area contributed by atoms with Crippen molar-refractivity contribution >= 4 is 49.8 Å². The van der Waals surface area contributed by atoms with E-state index in [9.17, 15) is 0 Å². The third-order valence-electron chi connectivity index (χ3n) is 1.38. The predicted octanol–water partition coefficient (Wildman–Crippen LogP) is 2.96. The predicted molar refractivity (Wildman–Crippen MR) is 53.9 cm³/mol. The second kappa shape index (κ2) is 3.05. The molecule has 1 atom stereocenters. The molecule has 5 heteroatoms. The molecular formula is C6H3Br2NOS. The molecule has 1 aliphatic heterocycles. The minimum absolute atomic E-state index is 0.0238. The second-order valence-corrected chi connectivity index (χ2v) is 4.35. The number of allylic oxidation sites excluding steroid dienone is 2. The highest BCUT2D eigenvalue weighted by Crippen LogP contribution is 2.33. The van der Waals surface area contributed by atoms with Crippen molar-refractivity contribution in [2.45, 2.75) is 6.10 Å². The van der Waals surface area contributed by atoms with Gasteiger partial charge in [-0.15, -0.1) is 0 Å². The largest absolute Gasteiger partial charge is 0.281 e. The van der Waals surface area contributed by atoms with Gasteiger partial charge in [0.2, 0.25) is 0 Å². The van der Waals surface area contributed by atoms with E-state index in [0.717, 1.165) is 26.9 Å². The quantitative estimate of drug-likeness (QED) is 0.506. The summed E-state index contributed by atoms with van der Waals surface area (Å²) >= 11 is 7.92. The summed E-state index contributed by atoms with van der Waals surface area (Å²) in [6, 6.07) is 0. The van der Waals surface area contributed by atoms with Gasteiger partial charge >= 0.3 is 0 Å². The van der Waals surface area contributed by atoms with Crippen LogP contribution in [0.15, 0.2) is 25.5 Å². The van der Waals surface area contributed by atoms with Crippen LogP contribution in [0.5, 0.6) is 0 Å². The molecule has 2 nitrogen and oxygen atoms in total. The number of fused-ring (bicyclic) bond motifs is 1. The average molecular weight is 297 g/mol. The zero-order valence-corrected chi connectivity index (χ0v) is 9.24. The number of nitrogens with zero attached hydrogens (tertiary/aromatic N) is 1. The summed E-state index contributed by atoms with van der Waals surface area (Å²) in [7, 11) is 0. The van der Waals surface area contributed by atoms with Gasteiger partial charge in [-0.2, -0.15) is 4.40 Å². The summed E-state index contributed by atoms with van der Waals surface area (Å²) in [5.41, 5.74) is 0.963. The van der Waals surface area contributed by atoms with Crippen molar-refractivity contribution in [1.29, 1.82) is 0 Å². The first-order valence-electron chi connectivity index (χ1n) is 2.92. The lowest BCUT2D eigenvalue weighted by molar-refractivity contribution is 0.382. The zero-order valence-electron chi connectivity index (χ0n) is 5.25. The molecule has 0 saturated heterocycles. The fourth-order valence-corrected chi connectivity index (χ4v) is 2.10. The molecule has 2 rings (SSSR count). The number of hydrogen-bond acceptors (Lipinski definition) is 3. The molecule has 0 N–H and O–H groups in total. The van der Waals surface area contributed by atoms with Crippen molar-refractivity contribution in [2.24, 2.45) is 4.40 Å². The molecule has 2 aliphatic rings. The Hall–Kier alpha value is 0.420. The molecule has 0 saturated carbocycles. The van der Waals surface area contributed by atoms with E-state index < -0.39 is 0 Å². The lowest BCUT2D eigenvalue weighted by Gasteiger charge is -2.10. The fraction of sp³-hybridized carbons (Fsp3) is 0.167. The van der Waals surface area contributed by atoms with Crippen LogP contribution in [0.1, 0.15) is 0 Å². The van der Waals surface area contributed by atoms with Gasteiger partial charge < -0.3 is 0 Å². The maximum absolute atomic E-state index is 5.22. The third kappa shape index (κ3) is 1.47. The summed E-state index contributed by atoms with van der Waals surface area (Å²) < 4.78 is 11.3. The maximum atomic E-state index is 5.22. The van der Waals surface area contributed by atoms with Gasteiger partial charge in [0.15, 0.2) is 0 Å². The Morgan fingerprint density at radius 2 is 2.27 bits per heavy atom. The van der Waals surface area contributed by atoms with Crippen LogP contribution >= 0.6 is 44.1 Å². The summed E-state index contributed by atoms with van der Waals surface area (Å²) in [5.74, 6) is 0. The van der Waals surface area contributed by atoms with Crippen molar-refractivity contribution in [3.8, 4) is 0 Å². The normalized spacial score (nSPS) is 28.9. The van der Waals surface area contributed by atoms with Gasteiger partial charge in [0.05, 0.1) is 5.71 Å². The first-order chi connectivity index (χ1) is 5.27. The Kier molecular flexibility index (Phi) is 2.23. The molecule has 0 aromatic heterocycles. The molecule has 0 spiro atoms. The van der Waals surface area contributed by atoms with Gasteiger partial charge in [0.1, 0.15) is 18.3 Å². The van der Waals surface area contributed by atoms with E-state index >= 15 is 0 Å². The Balaban J connectivity index is 2.37. The lowest BCUT2D eigenvalue weighted by atomic mass is 10.1. The molecule has 58 valence electrons. The molecule has 0 aromatic carbocycles. The summed E-state index contributed by atoms with van der Waals surface area (Å²) in [6.07, 6.45) is 3.95. The van der Waals surface area contributed by atoms with E-state index in [0.29, 0.717) is 0 Å². The Bertz CT molecular complexity index is 284. The standard InChI is InChI=1S/C6H3Br2NOS/c7-3-1-5-6(2-4(3)8)10-11-9-5/h1-2,6H. The van der Waals surface area contributed by atoms with Gasteiger partial charge in [-0.1, -0.05) is 0 Å². The third-order valence-corrected chi connectivity index (χ3v) is 3.84. The minimum atomic E-state index is 0.0238. The van der Waals surface area contributed by atoms with Crippen LogP contribution in [0, 0.1) is 0 Å². The first-order valence-corrected chi connectivity index (χ1v) is 5.21. The zero-order chi connectivity index (χ0) is 7.84. The van der Waals surface area contributed by atoms with Crippen LogP contribution in [0.4, 0.5) is 0 Å². The molecule has 0 bridgehead atoms. The Morgan fingerprint density at radius 1 is 1.45 bits per heavy atom. The minimum Gasteiger partial charge on any atom is -0.281 e. The van der Waals surface area contributed by atoms with Crippen molar-refractivity contribution in [1.82, 2.24) is 0 Å². The number of halogens is 2. The summed E-state index contributed by atoms with van der Waals surface area (Å²) in [6.45, 7) is 0. The van der Waals surface area contributed by atoms with Crippen LogP contribution in [-0.4, -0.2) is 11.8 Å². The number of rotatable bonds is 0. The van der Waals surface area contributed by atoms with E-state index in [1.54, 1.807) is 0 Å². The molecule has 0 fully saturated rings. The van der Waals surface area contributed by atoms with E-state index in [1.807, 2.05) is 12.2 Å². The van der Waals surface area contributed by atoms with E-state index in [1.165, 1.54) is 0 Å². The molecule has 0 amide bonds. The van der Waals surface area contributed by atoms with Crippen LogP contribution in [0.25, 0.3) is 0 Å². The Morgan fingerprint density at radius 3 is 3.09 bits per heavy atom. The van der Waals surface area contributed by atoms with Gasteiger partial charge in [-0.3, -0.25) is 4.18 Å². The van der Waals surface area contributed by atoms with Crippen molar-refractivity contribution in [3.05, 3.63) is 21.1 Å². The highest BCUT2D eigenvalue weighted by Gasteiger charge is 2.24. The molecule has 1 unspecified atom stereocenters. The SMILES string of the molecule is BrC1=CC2=NSOC2C=C1Br. The summed E-state index contributed by atoms with van der Waals surface area (Å²) in [5, 5.41) is 0. The van der Waals surface area contributed by atoms with E-state index in [-0.39, 0.29) is 6.10 Å². The van der Waals surface area contributed by atoms with Crippen LogP contribution < -0.4 is 0 Å². The number of hydrogen-bond donors (Lipinski definition) is 0. The van der Waals surface area contributed by atoms with Gasteiger partial charge in [0, 0.05) is 8.96 Å². The monoisotopic (exact) mass is 295 g/mol. The molecule has 0 aromatic rings. The summed E-state index contributed by atoms with van der Waals surface area (Å²) in [4.78, 5) is 0.